The first kappa shape index (κ1) is 12.3. The Balaban J connectivity index is 1.69. The van der Waals surface area contributed by atoms with Crippen molar-refractivity contribution in [3.05, 3.63) is 52.5 Å². The molecule has 0 amide bonds. The van der Waals surface area contributed by atoms with Gasteiger partial charge in [-0.25, -0.2) is 4.98 Å². The summed E-state index contributed by atoms with van der Waals surface area (Å²) in [5.74, 6) is 0. The van der Waals surface area contributed by atoms with E-state index in [1.165, 1.54) is 5.56 Å². The lowest BCUT2D eigenvalue weighted by Gasteiger charge is -2.12. The van der Waals surface area contributed by atoms with Gasteiger partial charge in [0, 0.05) is 24.2 Å². The summed E-state index contributed by atoms with van der Waals surface area (Å²) in [5, 5.41) is 6.69. The quantitative estimate of drug-likeness (QED) is 0.846. The molecule has 0 radical (unpaired) electrons. The van der Waals surface area contributed by atoms with E-state index in [2.05, 4.69) is 47.6 Å². The number of aromatic nitrogens is 1. The summed E-state index contributed by atoms with van der Waals surface area (Å²) in [4.78, 5) is 4.26. The summed E-state index contributed by atoms with van der Waals surface area (Å²) in [6, 6.07) is 11.2. The summed E-state index contributed by atoms with van der Waals surface area (Å²) in [6.45, 7) is 3.12. The summed E-state index contributed by atoms with van der Waals surface area (Å²) in [5.41, 5.74) is 1.41. The molecule has 90 valence electrons. The van der Waals surface area contributed by atoms with Crippen LogP contribution in [0.25, 0.3) is 0 Å². The van der Waals surface area contributed by atoms with Gasteiger partial charge >= 0.3 is 0 Å². The summed E-state index contributed by atoms with van der Waals surface area (Å²) >= 11 is 1.71. The Morgan fingerprint density at radius 1 is 1.29 bits per heavy atom. The molecule has 0 bridgehead atoms. The number of thiazole rings is 1. The van der Waals surface area contributed by atoms with Crippen LogP contribution in [0.5, 0.6) is 0 Å². The van der Waals surface area contributed by atoms with E-state index in [0.29, 0.717) is 6.04 Å². The molecule has 2 aromatic rings. The highest BCUT2D eigenvalue weighted by molar-refractivity contribution is 7.09. The summed E-state index contributed by atoms with van der Waals surface area (Å²) in [7, 11) is 0. The normalized spacial score (nSPS) is 12.5. The number of nitrogens with zero attached hydrogens (tertiary/aromatic N) is 1. The third kappa shape index (κ3) is 4.29. The smallest absolute Gasteiger partial charge is 0.106 e. The minimum Gasteiger partial charge on any atom is -0.308 e. The van der Waals surface area contributed by atoms with Gasteiger partial charge in [-0.1, -0.05) is 30.3 Å². The van der Waals surface area contributed by atoms with Crippen LogP contribution in [-0.4, -0.2) is 11.0 Å². The largest absolute Gasteiger partial charge is 0.308 e. The topological polar surface area (TPSA) is 24.9 Å². The lowest BCUT2D eigenvalue weighted by Crippen LogP contribution is -2.25. The van der Waals surface area contributed by atoms with E-state index in [9.17, 15) is 0 Å². The fourth-order valence-electron chi connectivity index (χ4n) is 1.73. The maximum atomic E-state index is 4.26. The van der Waals surface area contributed by atoms with Gasteiger partial charge in [0.05, 0.1) is 0 Å². The van der Waals surface area contributed by atoms with E-state index in [1.54, 1.807) is 11.3 Å². The fraction of sp³-hybridized carbons (Fsp3) is 0.357. The highest BCUT2D eigenvalue weighted by atomic mass is 32.1. The maximum Gasteiger partial charge on any atom is 0.106 e. The molecule has 0 spiro atoms. The van der Waals surface area contributed by atoms with Crippen LogP contribution in [-0.2, 0) is 13.0 Å². The number of hydrogen-bond donors (Lipinski definition) is 1. The highest BCUT2D eigenvalue weighted by Crippen LogP contribution is 2.07. The van der Waals surface area contributed by atoms with Crippen molar-refractivity contribution in [3.63, 3.8) is 0 Å². The molecule has 0 fully saturated rings. The zero-order valence-electron chi connectivity index (χ0n) is 10.1. The molecule has 1 unspecified atom stereocenters. The number of nitrogens with one attached hydrogen (secondary N) is 1. The number of aryl methyl sites for hydroxylation is 1. The second-order valence-electron chi connectivity index (χ2n) is 4.23. The van der Waals surface area contributed by atoms with Crippen LogP contribution in [0.1, 0.15) is 23.9 Å². The lowest BCUT2D eigenvalue weighted by molar-refractivity contribution is 0.513. The molecule has 1 aromatic carbocycles. The highest BCUT2D eigenvalue weighted by Gasteiger charge is 2.03. The van der Waals surface area contributed by atoms with Gasteiger partial charge in [0.15, 0.2) is 0 Å². The molecule has 1 N–H and O–H groups in total. The van der Waals surface area contributed by atoms with Crippen LogP contribution in [0.2, 0.25) is 0 Å². The second-order valence-corrected chi connectivity index (χ2v) is 5.21. The molecule has 2 nitrogen and oxygen atoms in total. The third-order valence-electron chi connectivity index (χ3n) is 2.79. The van der Waals surface area contributed by atoms with Crippen molar-refractivity contribution in [2.45, 2.75) is 32.4 Å². The van der Waals surface area contributed by atoms with Gasteiger partial charge in [-0.05, 0) is 25.3 Å². The number of benzene rings is 1. The Hall–Kier alpha value is -1.19. The SMILES string of the molecule is CC(CCc1ccccc1)NCc1nccs1. The Morgan fingerprint density at radius 2 is 2.12 bits per heavy atom. The average molecular weight is 246 g/mol. The molecule has 17 heavy (non-hydrogen) atoms. The maximum absolute atomic E-state index is 4.26. The molecule has 0 aliphatic carbocycles. The first-order chi connectivity index (χ1) is 8.34. The molecule has 2 rings (SSSR count). The van der Waals surface area contributed by atoms with Crippen molar-refractivity contribution in [2.75, 3.05) is 0 Å². The predicted molar refractivity (Wildman–Crippen MR) is 73.2 cm³/mol. The van der Waals surface area contributed by atoms with Crippen LogP contribution in [0.3, 0.4) is 0 Å². The van der Waals surface area contributed by atoms with Gasteiger partial charge in [0.25, 0.3) is 0 Å². The van der Waals surface area contributed by atoms with E-state index in [-0.39, 0.29) is 0 Å². The molecule has 0 aliphatic rings. The van der Waals surface area contributed by atoms with Gasteiger partial charge < -0.3 is 5.32 Å². The molecular formula is C14H18N2S. The predicted octanol–water partition coefficient (Wildman–Crippen LogP) is 3.25. The van der Waals surface area contributed by atoms with Crippen LogP contribution in [0, 0.1) is 0 Å². The van der Waals surface area contributed by atoms with E-state index < -0.39 is 0 Å². The van der Waals surface area contributed by atoms with E-state index in [4.69, 9.17) is 0 Å². The van der Waals surface area contributed by atoms with Crippen LogP contribution < -0.4 is 5.32 Å². The molecule has 0 saturated carbocycles. The molecule has 1 aromatic heterocycles. The van der Waals surface area contributed by atoms with Crippen molar-refractivity contribution >= 4 is 11.3 Å². The molecular weight excluding hydrogens is 228 g/mol. The molecule has 1 heterocycles. The van der Waals surface area contributed by atoms with E-state index >= 15 is 0 Å². The van der Waals surface area contributed by atoms with Gasteiger partial charge in [0.1, 0.15) is 5.01 Å². The minimum absolute atomic E-state index is 0.527. The van der Waals surface area contributed by atoms with Gasteiger partial charge in [-0.2, -0.15) is 0 Å². The average Bonchev–Trinajstić information content (AvgIpc) is 2.88. The Kier molecular flexibility index (Phi) is 4.71. The van der Waals surface area contributed by atoms with Gasteiger partial charge in [-0.3, -0.25) is 0 Å². The van der Waals surface area contributed by atoms with E-state index in [1.807, 2.05) is 11.6 Å². The lowest BCUT2D eigenvalue weighted by atomic mass is 10.1. The Labute approximate surface area is 107 Å². The van der Waals surface area contributed by atoms with Crippen LogP contribution in [0.4, 0.5) is 0 Å². The first-order valence-corrected chi connectivity index (χ1v) is 6.88. The van der Waals surface area contributed by atoms with Crippen molar-refractivity contribution in [2.24, 2.45) is 0 Å². The zero-order valence-corrected chi connectivity index (χ0v) is 10.9. The monoisotopic (exact) mass is 246 g/mol. The minimum atomic E-state index is 0.527. The standard InChI is InChI=1S/C14H18N2S/c1-12(16-11-14-15-9-10-17-14)7-8-13-5-3-2-4-6-13/h2-6,9-10,12,16H,7-8,11H2,1H3. The van der Waals surface area contributed by atoms with Crippen molar-refractivity contribution in [1.29, 1.82) is 0 Å². The first-order valence-electron chi connectivity index (χ1n) is 6.00. The van der Waals surface area contributed by atoms with Gasteiger partial charge in [-0.15, -0.1) is 11.3 Å². The Morgan fingerprint density at radius 3 is 2.82 bits per heavy atom. The number of rotatable bonds is 6. The molecule has 0 aliphatic heterocycles. The van der Waals surface area contributed by atoms with E-state index in [0.717, 1.165) is 24.4 Å². The second kappa shape index (κ2) is 6.52. The molecule has 1 atom stereocenters. The van der Waals surface area contributed by atoms with Crippen molar-refractivity contribution in [3.8, 4) is 0 Å². The fourth-order valence-corrected chi connectivity index (χ4v) is 2.30. The summed E-state index contributed by atoms with van der Waals surface area (Å²) in [6.07, 6.45) is 4.15. The van der Waals surface area contributed by atoms with Crippen LogP contribution in [0.15, 0.2) is 41.9 Å². The van der Waals surface area contributed by atoms with Gasteiger partial charge in [0.2, 0.25) is 0 Å². The molecule has 3 heteroatoms. The van der Waals surface area contributed by atoms with Crippen LogP contribution >= 0.6 is 11.3 Å². The molecule has 0 saturated heterocycles. The zero-order chi connectivity index (χ0) is 11.9. The third-order valence-corrected chi connectivity index (χ3v) is 3.57. The van der Waals surface area contributed by atoms with Crippen molar-refractivity contribution < 1.29 is 0 Å². The summed E-state index contributed by atoms with van der Waals surface area (Å²) < 4.78 is 0. The number of hydrogen-bond acceptors (Lipinski definition) is 3. The Bertz CT molecular complexity index is 411. The van der Waals surface area contributed by atoms with Crippen molar-refractivity contribution in [1.82, 2.24) is 10.3 Å².